The molecule has 0 radical (unpaired) electrons. The fraction of sp³-hybridized carbons (Fsp3) is 0.414. The van der Waals surface area contributed by atoms with Crippen LogP contribution >= 0.6 is 34.5 Å². The molecule has 3 aliphatic carbocycles. The van der Waals surface area contributed by atoms with Crippen LogP contribution in [0.5, 0.6) is 0 Å². The molecule has 3 fully saturated rings. The third kappa shape index (κ3) is 4.56. The van der Waals surface area contributed by atoms with Gasteiger partial charge in [-0.05, 0) is 74.6 Å². The average molecular weight is 618 g/mol. The fourth-order valence-electron chi connectivity index (χ4n) is 6.60. The summed E-state index contributed by atoms with van der Waals surface area (Å²) in [4.78, 5) is 9.02. The van der Waals surface area contributed by atoms with E-state index in [0.717, 1.165) is 37.0 Å². The Balaban J connectivity index is 1.13. The zero-order valence-corrected chi connectivity index (χ0v) is 24.2. The number of nitrogens with one attached hydrogen (secondary N) is 1. The summed E-state index contributed by atoms with van der Waals surface area (Å²) in [7, 11) is 0. The molecule has 41 heavy (non-hydrogen) atoms. The molecule has 4 atom stereocenters. The van der Waals surface area contributed by atoms with Crippen molar-refractivity contribution in [3.63, 3.8) is 0 Å². The Bertz CT molecular complexity index is 1640. The quantitative estimate of drug-likeness (QED) is 0.115. The number of thiazole rings is 1. The van der Waals surface area contributed by atoms with Crippen LogP contribution in [0.1, 0.15) is 66.3 Å². The summed E-state index contributed by atoms with van der Waals surface area (Å²) in [5.74, 6) is 5.17. The van der Waals surface area contributed by atoms with Gasteiger partial charge in [-0.25, -0.2) is 9.37 Å². The van der Waals surface area contributed by atoms with E-state index in [1.165, 1.54) is 17.4 Å². The minimum Gasteiger partial charge on any atom is -0.391 e. The van der Waals surface area contributed by atoms with Gasteiger partial charge < -0.3 is 19.2 Å². The monoisotopic (exact) mass is 616 g/mol. The lowest BCUT2D eigenvalue weighted by atomic mass is 9.73. The van der Waals surface area contributed by atoms with Gasteiger partial charge in [0, 0.05) is 22.6 Å². The summed E-state index contributed by atoms with van der Waals surface area (Å²) < 4.78 is 27.7. The maximum atomic E-state index is 14.9. The van der Waals surface area contributed by atoms with Crippen molar-refractivity contribution in [2.75, 3.05) is 0 Å². The van der Waals surface area contributed by atoms with Gasteiger partial charge in [-0.3, -0.25) is 5.41 Å². The molecule has 2 bridgehead atoms. The smallest absolute Gasteiger partial charge is 0.237 e. The van der Waals surface area contributed by atoms with Crippen LogP contribution in [0, 0.1) is 23.1 Å². The molecular weight excluding hydrogens is 590 g/mol. The Morgan fingerprint density at radius 2 is 1.88 bits per heavy atom. The van der Waals surface area contributed by atoms with Crippen molar-refractivity contribution in [3.05, 3.63) is 68.1 Å². The van der Waals surface area contributed by atoms with Crippen LogP contribution in [0.2, 0.25) is 10.0 Å². The molecule has 2 heterocycles. The summed E-state index contributed by atoms with van der Waals surface area (Å²) in [5.41, 5.74) is 1.36. The van der Waals surface area contributed by atoms with E-state index in [0.29, 0.717) is 56.4 Å². The van der Waals surface area contributed by atoms with Crippen molar-refractivity contribution in [2.45, 2.75) is 62.8 Å². The molecule has 0 saturated heterocycles. The molecule has 0 amide bonds. The predicted octanol–water partition coefficient (Wildman–Crippen LogP) is 7.08. The number of nitrogens with zero attached hydrogens (tertiary/aromatic N) is 2. The number of ether oxygens (including phenoxy) is 1. The first-order valence-corrected chi connectivity index (χ1v) is 15.2. The van der Waals surface area contributed by atoms with Crippen LogP contribution in [-0.2, 0) is 21.8 Å². The van der Waals surface area contributed by atoms with Crippen molar-refractivity contribution in [1.29, 1.82) is 5.41 Å². The number of halogens is 3. The maximum Gasteiger partial charge on any atom is 0.237 e. The molecule has 3 aliphatic rings. The van der Waals surface area contributed by atoms with E-state index >= 15 is 0 Å². The topological polar surface area (TPSA) is 127 Å². The standard InChI is InChI=1S/C29H27Cl2FN4O4S/c30-19-2-1-3-20(31)23(19)24-18(26(40-36-24)13-4-5-13)12-38-17-10-15-6-7-16(11-17)29(15,37)28-35-25-21(32)8-14(27(33)39-34)9-22(25)41-28/h1-3,8-9,13,15-17,33,37H,4-7,10-12,34H2/t15-,16+,17?,29?. The summed E-state index contributed by atoms with van der Waals surface area (Å²) >= 11 is 14.3. The first-order valence-electron chi connectivity index (χ1n) is 13.6. The highest BCUT2D eigenvalue weighted by Gasteiger charge is 2.56. The van der Waals surface area contributed by atoms with Gasteiger partial charge in [-0.1, -0.05) is 34.4 Å². The van der Waals surface area contributed by atoms with Crippen LogP contribution in [0.3, 0.4) is 0 Å². The highest BCUT2D eigenvalue weighted by molar-refractivity contribution is 7.18. The third-order valence-electron chi connectivity index (χ3n) is 8.80. The second-order valence-electron chi connectivity index (χ2n) is 11.2. The lowest BCUT2D eigenvalue weighted by Crippen LogP contribution is -2.44. The molecule has 2 unspecified atom stereocenters. The van der Waals surface area contributed by atoms with Crippen molar-refractivity contribution in [3.8, 4) is 11.3 Å². The molecule has 214 valence electrons. The van der Waals surface area contributed by atoms with E-state index in [-0.39, 0.29) is 34.9 Å². The van der Waals surface area contributed by atoms with Gasteiger partial charge in [0.15, 0.2) is 5.82 Å². The number of hydrogen-bond donors (Lipinski definition) is 3. The van der Waals surface area contributed by atoms with E-state index in [1.807, 2.05) is 0 Å². The molecule has 2 aromatic carbocycles. The minimum absolute atomic E-state index is 0.0795. The zero-order valence-electron chi connectivity index (χ0n) is 21.8. The van der Waals surface area contributed by atoms with Crippen molar-refractivity contribution >= 4 is 50.7 Å². The van der Waals surface area contributed by atoms with Gasteiger partial charge in [0.05, 0.1) is 27.5 Å². The number of aromatic nitrogens is 2. The number of rotatable bonds is 7. The minimum atomic E-state index is -1.17. The number of hydrogen-bond acceptors (Lipinski definition) is 9. The van der Waals surface area contributed by atoms with Gasteiger partial charge in [-0.2, -0.15) is 5.90 Å². The van der Waals surface area contributed by atoms with Crippen LogP contribution < -0.4 is 5.90 Å². The van der Waals surface area contributed by atoms with Gasteiger partial charge >= 0.3 is 0 Å². The Morgan fingerprint density at radius 3 is 2.54 bits per heavy atom. The van der Waals surface area contributed by atoms with Crippen LogP contribution in [0.4, 0.5) is 4.39 Å². The number of nitrogens with two attached hydrogens (primary N) is 1. The third-order valence-corrected chi connectivity index (χ3v) is 10.6. The summed E-state index contributed by atoms with van der Waals surface area (Å²) in [6, 6.07) is 8.15. The maximum absolute atomic E-state index is 14.9. The fourth-order valence-corrected chi connectivity index (χ4v) is 8.44. The first-order chi connectivity index (χ1) is 19.8. The lowest BCUT2D eigenvalue weighted by molar-refractivity contribution is -0.116. The zero-order chi connectivity index (χ0) is 28.5. The van der Waals surface area contributed by atoms with Gasteiger partial charge in [0.1, 0.15) is 27.6 Å². The molecule has 4 N–H and O–H groups in total. The van der Waals surface area contributed by atoms with E-state index in [4.69, 9.17) is 43.8 Å². The molecular formula is C29H27Cl2FN4O4S. The first kappa shape index (κ1) is 27.2. The van der Waals surface area contributed by atoms with E-state index in [1.54, 1.807) is 24.3 Å². The Morgan fingerprint density at radius 1 is 1.17 bits per heavy atom. The average Bonchev–Trinajstić information content (AvgIpc) is 3.53. The summed E-state index contributed by atoms with van der Waals surface area (Å²) in [6.07, 6.45) is 4.97. The molecule has 4 aromatic rings. The SMILES string of the molecule is N=C(ON)c1cc(F)c2nc(C3(O)[C@@H]4CC[C@H]3CC(OCc3c(-c5c(Cl)cccc5Cl)noc3C3CC3)C4)sc2c1. The summed E-state index contributed by atoms with van der Waals surface area (Å²) in [5, 5.41) is 25.7. The lowest BCUT2D eigenvalue weighted by Gasteiger charge is -2.41. The number of benzene rings is 2. The van der Waals surface area contributed by atoms with Crippen molar-refractivity contribution in [2.24, 2.45) is 17.7 Å². The molecule has 7 rings (SSSR count). The highest BCUT2D eigenvalue weighted by Crippen LogP contribution is 2.57. The largest absolute Gasteiger partial charge is 0.391 e. The number of aliphatic hydroxyl groups is 1. The second kappa shape index (κ2) is 10.3. The molecule has 0 aliphatic heterocycles. The molecule has 0 spiro atoms. The van der Waals surface area contributed by atoms with E-state index in [9.17, 15) is 9.50 Å². The Hall–Kier alpha value is -2.60. The molecule has 12 heteroatoms. The van der Waals surface area contributed by atoms with Crippen LogP contribution in [-0.4, -0.2) is 27.2 Å². The van der Waals surface area contributed by atoms with Crippen LogP contribution in [0.25, 0.3) is 21.5 Å². The Labute approximate surface area is 249 Å². The normalized spacial score (nSPS) is 25.6. The van der Waals surface area contributed by atoms with E-state index in [2.05, 4.69) is 15.0 Å². The summed E-state index contributed by atoms with van der Waals surface area (Å²) in [6.45, 7) is 0.305. The highest BCUT2D eigenvalue weighted by atomic mass is 35.5. The van der Waals surface area contributed by atoms with Crippen LogP contribution in [0.15, 0.2) is 34.9 Å². The van der Waals surface area contributed by atoms with Gasteiger partial charge in [0.25, 0.3) is 0 Å². The number of fused-ring (bicyclic) bond motifs is 3. The molecule has 3 saturated carbocycles. The Kier molecular flexibility index (Phi) is 6.84. The van der Waals surface area contributed by atoms with Crippen molar-refractivity contribution in [1.82, 2.24) is 10.1 Å². The van der Waals surface area contributed by atoms with Gasteiger partial charge in [0.2, 0.25) is 5.90 Å². The predicted molar refractivity (Wildman–Crippen MR) is 154 cm³/mol. The van der Waals surface area contributed by atoms with Gasteiger partial charge in [-0.15, -0.1) is 11.3 Å². The second-order valence-corrected chi connectivity index (χ2v) is 13.1. The van der Waals surface area contributed by atoms with Crippen molar-refractivity contribution < 1.29 is 23.6 Å². The molecule has 2 aromatic heterocycles. The van der Waals surface area contributed by atoms with E-state index < -0.39 is 11.4 Å². The molecule has 8 nitrogen and oxygen atoms in total.